The van der Waals surface area contributed by atoms with E-state index in [1.807, 2.05) is 12.1 Å². The molecule has 1 aromatic rings. The highest BCUT2D eigenvalue weighted by Crippen LogP contribution is 2.18. The number of aryl methyl sites for hydroxylation is 1. The summed E-state index contributed by atoms with van der Waals surface area (Å²) in [5, 5.41) is 0. The second-order valence-electron chi connectivity index (χ2n) is 4.46. The normalized spacial score (nSPS) is 19.4. The van der Waals surface area contributed by atoms with Crippen molar-refractivity contribution in [2.24, 2.45) is 5.92 Å². The van der Waals surface area contributed by atoms with Gasteiger partial charge in [0.15, 0.2) is 0 Å². The SMILES string of the molecule is Cc1cccc(OCC2=CCC(C)C=C2)c1. The third-order valence-electron chi connectivity index (χ3n) is 2.79. The molecule has 1 nitrogen and oxygen atoms in total. The van der Waals surface area contributed by atoms with Crippen molar-refractivity contribution in [3.63, 3.8) is 0 Å². The van der Waals surface area contributed by atoms with Gasteiger partial charge in [-0.05, 0) is 42.5 Å². The fraction of sp³-hybridized carbons (Fsp3) is 0.333. The van der Waals surface area contributed by atoms with Crippen molar-refractivity contribution in [1.29, 1.82) is 0 Å². The molecular formula is C15H18O. The Labute approximate surface area is 97.4 Å². The molecule has 0 heterocycles. The van der Waals surface area contributed by atoms with E-state index >= 15 is 0 Å². The predicted molar refractivity (Wildman–Crippen MR) is 67.7 cm³/mol. The molecule has 1 aromatic carbocycles. The van der Waals surface area contributed by atoms with Crippen LogP contribution >= 0.6 is 0 Å². The fourth-order valence-corrected chi connectivity index (χ4v) is 1.75. The Morgan fingerprint density at radius 3 is 2.94 bits per heavy atom. The first kappa shape index (κ1) is 11.0. The lowest BCUT2D eigenvalue weighted by Gasteiger charge is -2.13. The van der Waals surface area contributed by atoms with E-state index in [9.17, 15) is 0 Å². The lowest BCUT2D eigenvalue weighted by Crippen LogP contribution is -2.03. The lowest BCUT2D eigenvalue weighted by atomic mass is 9.99. The van der Waals surface area contributed by atoms with E-state index in [1.165, 1.54) is 11.1 Å². The third-order valence-corrected chi connectivity index (χ3v) is 2.79. The minimum Gasteiger partial charge on any atom is -0.489 e. The molecule has 0 amide bonds. The molecule has 2 rings (SSSR count). The zero-order valence-corrected chi connectivity index (χ0v) is 9.94. The summed E-state index contributed by atoms with van der Waals surface area (Å²) in [7, 11) is 0. The van der Waals surface area contributed by atoms with Gasteiger partial charge in [0.1, 0.15) is 12.4 Å². The van der Waals surface area contributed by atoms with Gasteiger partial charge in [-0.15, -0.1) is 0 Å². The van der Waals surface area contributed by atoms with Crippen LogP contribution in [0.3, 0.4) is 0 Å². The van der Waals surface area contributed by atoms with E-state index in [0.29, 0.717) is 12.5 Å². The molecule has 0 bridgehead atoms. The quantitative estimate of drug-likeness (QED) is 0.741. The molecule has 0 saturated heterocycles. The summed E-state index contributed by atoms with van der Waals surface area (Å²) in [6.45, 7) is 4.98. The van der Waals surface area contributed by atoms with Crippen LogP contribution in [0, 0.1) is 12.8 Å². The third kappa shape index (κ3) is 2.99. The molecule has 16 heavy (non-hydrogen) atoms. The van der Waals surface area contributed by atoms with E-state index in [4.69, 9.17) is 4.74 Å². The number of ether oxygens (including phenoxy) is 1. The van der Waals surface area contributed by atoms with Crippen LogP contribution in [0.1, 0.15) is 18.9 Å². The highest BCUT2D eigenvalue weighted by molar-refractivity contribution is 5.29. The van der Waals surface area contributed by atoms with Crippen LogP contribution < -0.4 is 4.74 Å². The van der Waals surface area contributed by atoms with E-state index < -0.39 is 0 Å². The second kappa shape index (κ2) is 5.02. The zero-order chi connectivity index (χ0) is 11.4. The summed E-state index contributed by atoms with van der Waals surface area (Å²) in [5.41, 5.74) is 2.51. The standard InChI is InChI=1S/C15H18O/c1-12-6-8-14(9-7-12)11-16-15-5-3-4-13(2)10-15/h3-6,8-10,12H,7,11H2,1-2H3. The fourth-order valence-electron chi connectivity index (χ4n) is 1.75. The van der Waals surface area contributed by atoms with Crippen molar-refractivity contribution in [3.05, 3.63) is 53.6 Å². The lowest BCUT2D eigenvalue weighted by molar-refractivity contribution is 0.354. The first-order valence-electron chi connectivity index (χ1n) is 5.81. The Morgan fingerprint density at radius 2 is 2.25 bits per heavy atom. The van der Waals surface area contributed by atoms with E-state index in [2.05, 4.69) is 44.2 Å². The maximum atomic E-state index is 5.74. The summed E-state index contributed by atoms with van der Waals surface area (Å²) < 4.78 is 5.74. The summed E-state index contributed by atoms with van der Waals surface area (Å²) in [5.74, 6) is 1.62. The maximum absolute atomic E-state index is 5.74. The van der Waals surface area contributed by atoms with Crippen LogP contribution in [0.25, 0.3) is 0 Å². The Bertz CT molecular complexity index is 415. The highest BCUT2D eigenvalue weighted by Gasteiger charge is 2.03. The van der Waals surface area contributed by atoms with E-state index in [0.717, 1.165) is 12.2 Å². The molecule has 0 N–H and O–H groups in total. The molecule has 1 unspecified atom stereocenters. The molecular weight excluding hydrogens is 196 g/mol. The molecule has 0 saturated carbocycles. The molecule has 0 spiro atoms. The number of allylic oxidation sites excluding steroid dienone is 2. The minimum atomic E-state index is 0.669. The van der Waals surface area contributed by atoms with Crippen molar-refractivity contribution in [2.75, 3.05) is 6.61 Å². The van der Waals surface area contributed by atoms with Crippen LogP contribution in [-0.4, -0.2) is 6.61 Å². The van der Waals surface area contributed by atoms with Crippen LogP contribution in [0.5, 0.6) is 5.75 Å². The molecule has 0 radical (unpaired) electrons. The van der Waals surface area contributed by atoms with Crippen LogP contribution in [0.2, 0.25) is 0 Å². The monoisotopic (exact) mass is 214 g/mol. The van der Waals surface area contributed by atoms with Crippen LogP contribution in [0.15, 0.2) is 48.1 Å². The average Bonchev–Trinajstić information content (AvgIpc) is 2.28. The van der Waals surface area contributed by atoms with Crippen molar-refractivity contribution in [1.82, 2.24) is 0 Å². The summed E-state index contributed by atoms with van der Waals surface area (Å²) in [6, 6.07) is 8.17. The summed E-state index contributed by atoms with van der Waals surface area (Å²) in [6.07, 6.45) is 7.81. The van der Waals surface area contributed by atoms with Gasteiger partial charge in [0, 0.05) is 0 Å². The smallest absolute Gasteiger partial charge is 0.120 e. The molecule has 0 aromatic heterocycles. The van der Waals surface area contributed by atoms with Crippen LogP contribution in [0.4, 0.5) is 0 Å². The Balaban J connectivity index is 1.91. The van der Waals surface area contributed by atoms with E-state index in [1.54, 1.807) is 0 Å². The molecule has 1 heteroatoms. The average molecular weight is 214 g/mol. The van der Waals surface area contributed by atoms with Gasteiger partial charge in [-0.3, -0.25) is 0 Å². The molecule has 1 aliphatic carbocycles. The molecule has 0 aliphatic heterocycles. The first-order chi connectivity index (χ1) is 7.74. The topological polar surface area (TPSA) is 9.23 Å². The number of hydrogen-bond acceptors (Lipinski definition) is 1. The van der Waals surface area contributed by atoms with Crippen molar-refractivity contribution in [3.8, 4) is 5.75 Å². The van der Waals surface area contributed by atoms with Crippen molar-refractivity contribution >= 4 is 0 Å². The Morgan fingerprint density at radius 1 is 1.38 bits per heavy atom. The summed E-state index contributed by atoms with van der Waals surface area (Å²) in [4.78, 5) is 0. The van der Waals surface area contributed by atoms with Gasteiger partial charge in [-0.25, -0.2) is 0 Å². The molecule has 0 fully saturated rings. The number of benzene rings is 1. The first-order valence-corrected chi connectivity index (χ1v) is 5.81. The van der Waals surface area contributed by atoms with Gasteiger partial charge < -0.3 is 4.74 Å². The van der Waals surface area contributed by atoms with Gasteiger partial charge in [-0.2, -0.15) is 0 Å². The number of rotatable bonds is 3. The summed E-state index contributed by atoms with van der Waals surface area (Å²) >= 11 is 0. The van der Waals surface area contributed by atoms with Crippen molar-refractivity contribution in [2.45, 2.75) is 20.3 Å². The van der Waals surface area contributed by atoms with Gasteiger partial charge in [0.05, 0.1) is 0 Å². The van der Waals surface area contributed by atoms with Crippen LogP contribution in [-0.2, 0) is 0 Å². The molecule has 1 aliphatic rings. The van der Waals surface area contributed by atoms with E-state index in [-0.39, 0.29) is 0 Å². The molecule has 1 atom stereocenters. The van der Waals surface area contributed by atoms with Gasteiger partial charge in [-0.1, -0.05) is 37.3 Å². The van der Waals surface area contributed by atoms with Gasteiger partial charge in [0.25, 0.3) is 0 Å². The predicted octanol–water partition coefficient (Wildman–Crippen LogP) is 3.90. The number of hydrogen-bond donors (Lipinski definition) is 0. The maximum Gasteiger partial charge on any atom is 0.120 e. The Kier molecular flexibility index (Phi) is 3.45. The minimum absolute atomic E-state index is 0.669. The van der Waals surface area contributed by atoms with Gasteiger partial charge >= 0.3 is 0 Å². The Hall–Kier alpha value is -1.50. The molecule has 84 valence electrons. The largest absolute Gasteiger partial charge is 0.489 e. The van der Waals surface area contributed by atoms with Gasteiger partial charge in [0.2, 0.25) is 0 Å². The zero-order valence-electron chi connectivity index (χ0n) is 9.94. The second-order valence-corrected chi connectivity index (χ2v) is 4.46. The highest BCUT2D eigenvalue weighted by atomic mass is 16.5. The van der Waals surface area contributed by atoms with Crippen molar-refractivity contribution < 1.29 is 4.74 Å².